The molecule has 1 heterocycles. The number of pyridine rings is 1. The van der Waals surface area contributed by atoms with Crippen molar-refractivity contribution in [3.8, 4) is 0 Å². The fourth-order valence-electron chi connectivity index (χ4n) is 3.88. The van der Waals surface area contributed by atoms with Gasteiger partial charge >= 0.3 is 0 Å². The van der Waals surface area contributed by atoms with Gasteiger partial charge in [0.15, 0.2) is 0 Å². The summed E-state index contributed by atoms with van der Waals surface area (Å²) in [5.41, 5.74) is 3.29. The third-order valence-electron chi connectivity index (χ3n) is 5.38. The Morgan fingerprint density at radius 1 is 0.867 bits per heavy atom. The maximum Gasteiger partial charge on any atom is 0.0808 e. The van der Waals surface area contributed by atoms with Crippen LogP contribution in [-0.4, -0.2) is 41.9 Å². The van der Waals surface area contributed by atoms with Gasteiger partial charge in [-0.2, -0.15) is 0 Å². The molecule has 0 fully saturated rings. The van der Waals surface area contributed by atoms with Crippen LogP contribution in [0, 0.1) is 0 Å². The molecule has 0 aliphatic heterocycles. The van der Waals surface area contributed by atoms with Crippen LogP contribution in [0.15, 0.2) is 60.7 Å². The number of hydrogen-bond acceptors (Lipinski definition) is 3. The minimum Gasteiger partial charge on any atom is -0.384 e. The lowest BCUT2D eigenvalue weighted by atomic mass is 10.0. The molecule has 0 aliphatic carbocycles. The molecule has 0 saturated carbocycles. The quantitative estimate of drug-likeness (QED) is 0.135. The lowest BCUT2D eigenvalue weighted by molar-refractivity contribution is 0.304. The monoisotopic (exact) mass is 463 g/mol. The van der Waals surface area contributed by atoms with Crippen LogP contribution in [0.5, 0.6) is 0 Å². The predicted molar refractivity (Wildman–Crippen MR) is 137 cm³/mol. The molecule has 0 atom stereocenters. The fraction of sp³-hybridized carbons (Fsp3) is 0.292. The van der Waals surface area contributed by atoms with E-state index in [0.29, 0.717) is 5.88 Å². The van der Waals surface area contributed by atoms with Gasteiger partial charge in [0.25, 0.3) is 0 Å². The lowest BCUT2D eigenvalue weighted by Gasteiger charge is -2.19. The molecule has 3 aromatic carbocycles. The second kappa shape index (κ2) is 11.6. The topological polar surface area (TPSA) is 28.2 Å². The number of fused-ring (bicyclic) bond motifs is 4. The van der Waals surface area contributed by atoms with Gasteiger partial charge in [-0.3, -0.25) is 0 Å². The molecule has 0 aliphatic rings. The van der Waals surface area contributed by atoms with Crippen molar-refractivity contribution in [1.29, 1.82) is 0 Å². The van der Waals surface area contributed by atoms with E-state index in [-0.39, 0.29) is 24.8 Å². The van der Waals surface area contributed by atoms with E-state index in [0.717, 1.165) is 43.6 Å². The highest BCUT2D eigenvalue weighted by Gasteiger charge is 2.11. The Bertz CT molecular complexity index is 1100. The summed E-state index contributed by atoms with van der Waals surface area (Å²) in [4.78, 5) is 7.39. The van der Waals surface area contributed by atoms with E-state index in [1.54, 1.807) is 0 Å². The van der Waals surface area contributed by atoms with Crippen LogP contribution in [0.4, 0.5) is 5.69 Å². The first-order valence-corrected chi connectivity index (χ1v) is 10.6. The Morgan fingerprint density at radius 2 is 1.60 bits per heavy atom. The number of alkyl halides is 1. The second-order valence-electron chi connectivity index (χ2n) is 7.09. The van der Waals surface area contributed by atoms with Crippen LogP contribution in [-0.2, 0) is 0 Å². The van der Waals surface area contributed by atoms with Crippen molar-refractivity contribution < 1.29 is 0 Å². The number of anilines is 1. The van der Waals surface area contributed by atoms with Crippen molar-refractivity contribution in [2.45, 2.75) is 13.3 Å². The first kappa shape index (κ1) is 24.5. The van der Waals surface area contributed by atoms with Gasteiger partial charge in [0.2, 0.25) is 0 Å². The number of hydrogen-bond donors (Lipinski definition) is 1. The summed E-state index contributed by atoms with van der Waals surface area (Å²) >= 11 is 5.90. The summed E-state index contributed by atoms with van der Waals surface area (Å²) in [5.74, 6) is 0.688. The standard InChI is InChI=1S/C24H26ClN3.2ClH/c1-2-28(17-14-25)16-7-15-26-23-20-10-5-6-11-22(20)27-24-19-9-4-3-8-18(19)12-13-21(23)24;;/h3-6,8-13H,2,7,14-17H2,1H3,(H,26,27);2*1H. The maximum absolute atomic E-state index is 5.90. The van der Waals surface area contributed by atoms with Gasteiger partial charge in [-0.25, -0.2) is 4.98 Å². The summed E-state index contributed by atoms with van der Waals surface area (Å²) in [6.45, 7) is 6.16. The molecule has 1 aromatic heterocycles. The van der Waals surface area contributed by atoms with Gasteiger partial charge in [0, 0.05) is 35.1 Å². The fourth-order valence-corrected chi connectivity index (χ4v) is 4.12. The first-order chi connectivity index (χ1) is 13.8. The number of nitrogens with zero attached hydrogens (tertiary/aromatic N) is 2. The van der Waals surface area contributed by atoms with Crippen LogP contribution < -0.4 is 5.32 Å². The molecular weight excluding hydrogens is 437 g/mol. The molecule has 0 unspecified atom stereocenters. The highest BCUT2D eigenvalue weighted by molar-refractivity contribution is 6.18. The smallest absolute Gasteiger partial charge is 0.0808 e. The largest absolute Gasteiger partial charge is 0.384 e. The van der Waals surface area contributed by atoms with E-state index in [4.69, 9.17) is 16.6 Å². The molecule has 160 valence electrons. The Labute approximate surface area is 195 Å². The number of rotatable bonds is 8. The molecule has 0 amide bonds. The van der Waals surface area contributed by atoms with Crippen molar-refractivity contribution >= 4 is 74.7 Å². The van der Waals surface area contributed by atoms with E-state index >= 15 is 0 Å². The van der Waals surface area contributed by atoms with Gasteiger partial charge in [-0.15, -0.1) is 36.4 Å². The predicted octanol–water partition coefficient (Wildman–Crippen LogP) is 6.75. The van der Waals surface area contributed by atoms with Crippen molar-refractivity contribution in [2.24, 2.45) is 0 Å². The van der Waals surface area contributed by atoms with Crippen LogP contribution in [0.1, 0.15) is 13.3 Å². The molecule has 0 radical (unpaired) electrons. The third kappa shape index (κ3) is 5.09. The first-order valence-electron chi connectivity index (χ1n) is 10.0. The average molecular weight is 465 g/mol. The summed E-state index contributed by atoms with van der Waals surface area (Å²) in [5, 5.41) is 8.51. The minimum absolute atomic E-state index is 0. The van der Waals surface area contributed by atoms with E-state index in [1.165, 1.54) is 27.2 Å². The van der Waals surface area contributed by atoms with Crippen molar-refractivity contribution in [1.82, 2.24) is 9.88 Å². The van der Waals surface area contributed by atoms with E-state index < -0.39 is 0 Å². The summed E-state index contributed by atoms with van der Waals surface area (Å²) in [6.07, 6.45) is 1.08. The van der Waals surface area contributed by atoms with Crippen molar-refractivity contribution in [3.63, 3.8) is 0 Å². The van der Waals surface area contributed by atoms with Crippen LogP contribution in [0.25, 0.3) is 32.6 Å². The highest BCUT2D eigenvalue weighted by atomic mass is 35.5. The van der Waals surface area contributed by atoms with Crippen molar-refractivity contribution in [3.05, 3.63) is 60.7 Å². The number of aromatic nitrogens is 1. The van der Waals surface area contributed by atoms with Crippen LogP contribution >= 0.6 is 36.4 Å². The normalized spacial score (nSPS) is 10.9. The maximum atomic E-state index is 5.90. The Morgan fingerprint density at radius 3 is 2.37 bits per heavy atom. The Hall–Kier alpha value is -1.78. The minimum atomic E-state index is 0. The molecule has 4 rings (SSSR count). The zero-order valence-corrected chi connectivity index (χ0v) is 19.5. The number of nitrogens with one attached hydrogen (secondary N) is 1. The molecule has 6 heteroatoms. The summed E-state index contributed by atoms with van der Waals surface area (Å²) in [6, 6.07) is 21.3. The molecule has 3 nitrogen and oxygen atoms in total. The molecule has 0 saturated heterocycles. The molecule has 4 aromatic rings. The van der Waals surface area contributed by atoms with E-state index in [9.17, 15) is 0 Å². The van der Waals surface area contributed by atoms with Gasteiger partial charge in [-0.1, -0.05) is 61.5 Å². The van der Waals surface area contributed by atoms with Gasteiger partial charge < -0.3 is 10.2 Å². The summed E-state index contributed by atoms with van der Waals surface area (Å²) < 4.78 is 0. The van der Waals surface area contributed by atoms with Crippen molar-refractivity contribution in [2.75, 3.05) is 37.4 Å². The number of halogens is 3. The molecule has 0 bridgehead atoms. The van der Waals surface area contributed by atoms with Gasteiger partial charge in [0.1, 0.15) is 0 Å². The molecule has 30 heavy (non-hydrogen) atoms. The Balaban J connectivity index is 0.00000160. The third-order valence-corrected chi connectivity index (χ3v) is 5.55. The highest BCUT2D eigenvalue weighted by Crippen LogP contribution is 2.34. The molecular formula is C24H28Cl3N3. The molecule has 1 N–H and O–H groups in total. The lowest BCUT2D eigenvalue weighted by Crippen LogP contribution is -2.27. The second-order valence-corrected chi connectivity index (χ2v) is 7.47. The average Bonchev–Trinajstić information content (AvgIpc) is 2.75. The van der Waals surface area contributed by atoms with Crippen LogP contribution in [0.2, 0.25) is 0 Å². The molecule has 0 spiro atoms. The number of benzene rings is 3. The Kier molecular flexibility index (Phi) is 9.44. The summed E-state index contributed by atoms with van der Waals surface area (Å²) in [7, 11) is 0. The number of para-hydroxylation sites is 1. The zero-order chi connectivity index (χ0) is 19.3. The van der Waals surface area contributed by atoms with Gasteiger partial charge in [-0.05, 0) is 31.0 Å². The van der Waals surface area contributed by atoms with E-state index in [2.05, 4.69) is 77.8 Å². The SMILES string of the molecule is CCN(CCCl)CCCNc1c2ccccc2nc2c1ccc1ccccc12.Cl.Cl. The zero-order valence-electron chi connectivity index (χ0n) is 17.1. The van der Waals surface area contributed by atoms with E-state index in [1.807, 2.05) is 0 Å². The van der Waals surface area contributed by atoms with Crippen LogP contribution in [0.3, 0.4) is 0 Å². The van der Waals surface area contributed by atoms with Gasteiger partial charge in [0.05, 0.1) is 16.7 Å².